The van der Waals surface area contributed by atoms with Crippen LogP contribution in [0.5, 0.6) is 0 Å². The van der Waals surface area contributed by atoms with Gasteiger partial charge >= 0.3 is 6.98 Å². The molecule has 0 unspecified atom stereocenters. The highest BCUT2D eigenvalue weighted by atomic mass is 19.4. The van der Waals surface area contributed by atoms with Crippen LogP contribution in [-0.4, -0.2) is 56.0 Å². The second-order valence-corrected chi connectivity index (χ2v) is 4.81. The van der Waals surface area contributed by atoms with Crippen molar-refractivity contribution in [2.24, 2.45) is 0 Å². The van der Waals surface area contributed by atoms with Gasteiger partial charge in [0.1, 0.15) is 0 Å². The Morgan fingerprint density at radius 1 is 1.35 bits per heavy atom. The Morgan fingerprint density at radius 2 is 1.88 bits per heavy atom. The third kappa shape index (κ3) is 4.35. The van der Waals surface area contributed by atoms with Crippen molar-refractivity contribution in [1.29, 1.82) is 0 Å². The molecule has 0 aromatic heterocycles. The summed E-state index contributed by atoms with van der Waals surface area (Å²) in [6, 6.07) is 0.257. The van der Waals surface area contributed by atoms with Crippen molar-refractivity contribution in [3.05, 3.63) is 12.1 Å². The number of rotatable bonds is 5. The van der Waals surface area contributed by atoms with Gasteiger partial charge in [0.2, 0.25) is 0 Å². The number of likely N-dealkylation sites (N-methyl/N-ethyl adjacent to an activating group) is 1. The summed E-state index contributed by atoms with van der Waals surface area (Å²) in [6.07, 6.45) is 1.89. The average Bonchev–Trinajstić information content (AvgIpc) is 2.27. The molecular weight excluding hydrogens is 228 g/mol. The van der Waals surface area contributed by atoms with Crippen molar-refractivity contribution >= 4 is 6.98 Å². The molecule has 0 spiro atoms. The SMILES string of the molecule is C=C(CN(C)C1CCN(CC)CC1)[B-](F)(F)F. The molecular formula is C11H21BF3N2-. The van der Waals surface area contributed by atoms with Crippen LogP contribution in [0.3, 0.4) is 0 Å². The Balaban J connectivity index is 2.39. The topological polar surface area (TPSA) is 6.48 Å². The van der Waals surface area contributed by atoms with Crippen molar-refractivity contribution < 1.29 is 12.9 Å². The second-order valence-electron chi connectivity index (χ2n) is 4.81. The standard InChI is InChI=1S/C11H21BF3N2/c1-4-17-7-5-11(6-8-17)16(3)9-10(2)12(13,14)15/h11H,2,4-9H2,1,3H3/q-1. The molecule has 0 aromatic carbocycles. The minimum Gasteiger partial charge on any atom is -0.445 e. The Kier molecular flexibility index (Phi) is 5.07. The lowest BCUT2D eigenvalue weighted by molar-refractivity contribution is 0.139. The van der Waals surface area contributed by atoms with E-state index in [1.54, 1.807) is 11.9 Å². The number of piperidine rings is 1. The normalized spacial score (nSPS) is 19.9. The van der Waals surface area contributed by atoms with E-state index >= 15 is 0 Å². The summed E-state index contributed by atoms with van der Waals surface area (Å²) in [6.45, 7) is 3.29. The zero-order valence-corrected chi connectivity index (χ0v) is 10.6. The minimum atomic E-state index is -4.89. The molecule has 0 atom stereocenters. The molecule has 1 saturated heterocycles. The first-order valence-electron chi connectivity index (χ1n) is 6.14. The molecule has 0 aliphatic carbocycles. The van der Waals surface area contributed by atoms with E-state index in [4.69, 9.17) is 0 Å². The summed E-state index contributed by atoms with van der Waals surface area (Å²) in [5.74, 6) is 0. The van der Waals surface area contributed by atoms with Crippen molar-refractivity contribution in [2.45, 2.75) is 25.8 Å². The Hall–Kier alpha value is -0.485. The lowest BCUT2D eigenvalue weighted by atomic mass is 9.80. The number of nitrogens with zero attached hydrogens (tertiary/aromatic N) is 2. The summed E-state index contributed by atoms with van der Waals surface area (Å²) < 4.78 is 37.3. The Labute approximate surface area is 102 Å². The summed E-state index contributed by atoms with van der Waals surface area (Å²) in [5, 5.41) is 0. The quantitative estimate of drug-likeness (QED) is 0.690. The van der Waals surface area contributed by atoms with Crippen LogP contribution in [0.4, 0.5) is 12.9 Å². The number of hydrogen-bond acceptors (Lipinski definition) is 2. The summed E-state index contributed by atoms with van der Waals surface area (Å²) in [7, 11) is 1.76. The van der Waals surface area contributed by atoms with E-state index in [1.165, 1.54) is 0 Å². The van der Waals surface area contributed by atoms with Crippen LogP contribution in [0.25, 0.3) is 0 Å². The molecule has 0 amide bonds. The molecule has 1 heterocycles. The third-order valence-electron chi connectivity index (χ3n) is 3.54. The minimum absolute atomic E-state index is 0.0553. The van der Waals surface area contributed by atoms with E-state index in [-0.39, 0.29) is 12.6 Å². The molecule has 100 valence electrons. The molecule has 17 heavy (non-hydrogen) atoms. The number of hydrogen-bond donors (Lipinski definition) is 0. The van der Waals surface area contributed by atoms with Crippen molar-refractivity contribution in [2.75, 3.05) is 33.2 Å². The summed E-state index contributed by atoms with van der Waals surface area (Å²) in [5.41, 5.74) is -0.592. The van der Waals surface area contributed by atoms with Gasteiger partial charge in [-0.15, -0.1) is 12.1 Å². The Bertz CT molecular complexity index is 260. The van der Waals surface area contributed by atoms with Gasteiger partial charge in [-0.2, -0.15) is 0 Å². The van der Waals surface area contributed by atoms with Gasteiger partial charge in [0.05, 0.1) is 0 Å². The third-order valence-corrected chi connectivity index (χ3v) is 3.54. The highest BCUT2D eigenvalue weighted by Crippen LogP contribution is 2.21. The molecule has 2 nitrogen and oxygen atoms in total. The second kappa shape index (κ2) is 5.91. The lowest BCUT2D eigenvalue weighted by Gasteiger charge is -2.37. The van der Waals surface area contributed by atoms with Crippen LogP contribution in [0.15, 0.2) is 12.1 Å². The summed E-state index contributed by atoms with van der Waals surface area (Å²) in [4.78, 5) is 4.12. The van der Waals surface area contributed by atoms with Crippen LogP contribution >= 0.6 is 0 Å². The van der Waals surface area contributed by atoms with Crippen LogP contribution in [0.1, 0.15) is 19.8 Å². The number of likely N-dealkylation sites (tertiary alicyclic amines) is 1. The molecule has 0 bridgehead atoms. The first-order chi connectivity index (χ1) is 7.84. The van der Waals surface area contributed by atoms with Crippen LogP contribution < -0.4 is 0 Å². The fraction of sp³-hybridized carbons (Fsp3) is 0.818. The van der Waals surface area contributed by atoms with Gasteiger partial charge in [0, 0.05) is 6.04 Å². The van der Waals surface area contributed by atoms with Crippen LogP contribution in [-0.2, 0) is 0 Å². The lowest BCUT2D eigenvalue weighted by Crippen LogP contribution is -2.44. The van der Waals surface area contributed by atoms with E-state index in [1.807, 2.05) is 0 Å². The predicted molar refractivity (Wildman–Crippen MR) is 66.0 cm³/mol. The highest BCUT2D eigenvalue weighted by molar-refractivity contribution is 6.66. The molecule has 0 N–H and O–H groups in total. The molecule has 1 aliphatic heterocycles. The van der Waals surface area contributed by atoms with Crippen molar-refractivity contribution in [1.82, 2.24) is 9.80 Å². The fourth-order valence-electron chi connectivity index (χ4n) is 2.23. The number of halogens is 3. The molecule has 0 radical (unpaired) electrons. The van der Waals surface area contributed by atoms with Gasteiger partial charge in [0.15, 0.2) is 0 Å². The predicted octanol–water partition coefficient (Wildman–Crippen LogP) is 2.35. The van der Waals surface area contributed by atoms with Gasteiger partial charge in [-0.05, 0) is 46.1 Å². The molecule has 6 heteroatoms. The monoisotopic (exact) mass is 249 g/mol. The van der Waals surface area contributed by atoms with Gasteiger partial charge in [-0.1, -0.05) is 6.92 Å². The zero-order chi connectivity index (χ0) is 13.1. The van der Waals surface area contributed by atoms with E-state index in [9.17, 15) is 12.9 Å². The zero-order valence-electron chi connectivity index (χ0n) is 10.6. The molecule has 0 aromatic rings. The fourth-order valence-corrected chi connectivity index (χ4v) is 2.23. The average molecular weight is 249 g/mol. The van der Waals surface area contributed by atoms with Crippen molar-refractivity contribution in [3.8, 4) is 0 Å². The van der Waals surface area contributed by atoms with Gasteiger partial charge in [-0.25, -0.2) is 0 Å². The van der Waals surface area contributed by atoms with Gasteiger partial charge in [-0.3, -0.25) is 0 Å². The van der Waals surface area contributed by atoms with E-state index in [0.29, 0.717) is 0 Å². The first-order valence-corrected chi connectivity index (χ1v) is 6.14. The van der Waals surface area contributed by atoms with Gasteiger partial charge < -0.3 is 22.7 Å². The van der Waals surface area contributed by atoms with Crippen LogP contribution in [0, 0.1) is 0 Å². The van der Waals surface area contributed by atoms with E-state index in [2.05, 4.69) is 18.4 Å². The van der Waals surface area contributed by atoms with Crippen LogP contribution in [0.2, 0.25) is 0 Å². The highest BCUT2D eigenvalue weighted by Gasteiger charge is 2.29. The molecule has 1 aliphatic rings. The summed E-state index contributed by atoms with van der Waals surface area (Å²) >= 11 is 0. The van der Waals surface area contributed by atoms with E-state index < -0.39 is 12.4 Å². The first kappa shape index (κ1) is 14.6. The van der Waals surface area contributed by atoms with Gasteiger partial charge in [0.25, 0.3) is 0 Å². The molecule has 1 fully saturated rings. The maximum Gasteiger partial charge on any atom is 0.506 e. The molecule has 1 rings (SSSR count). The largest absolute Gasteiger partial charge is 0.506 e. The van der Waals surface area contributed by atoms with E-state index in [0.717, 1.165) is 32.5 Å². The maximum absolute atomic E-state index is 12.4. The maximum atomic E-state index is 12.4. The Morgan fingerprint density at radius 3 is 2.29 bits per heavy atom. The smallest absolute Gasteiger partial charge is 0.445 e. The van der Waals surface area contributed by atoms with Crippen molar-refractivity contribution in [3.63, 3.8) is 0 Å². The molecule has 0 saturated carbocycles.